The predicted molar refractivity (Wildman–Crippen MR) is 91.8 cm³/mol. The molecule has 2 aromatic rings. The first-order chi connectivity index (χ1) is 11.9. The van der Waals surface area contributed by atoms with E-state index in [-0.39, 0.29) is 17.5 Å². The Labute approximate surface area is 149 Å². The van der Waals surface area contributed by atoms with Gasteiger partial charge in [0.15, 0.2) is 0 Å². The molecule has 0 radical (unpaired) electrons. The van der Waals surface area contributed by atoms with Crippen molar-refractivity contribution >= 4 is 29.4 Å². The number of aliphatic carboxylic acids is 1. The van der Waals surface area contributed by atoms with Gasteiger partial charge in [0.1, 0.15) is 6.04 Å². The third-order valence-electron chi connectivity index (χ3n) is 3.53. The van der Waals surface area contributed by atoms with Gasteiger partial charge in [0.2, 0.25) is 0 Å². The van der Waals surface area contributed by atoms with Crippen LogP contribution in [-0.4, -0.2) is 36.1 Å². The highest BCUT2D eigenvalue weighted by molar-refractivity contribution is 6.31. The SMILES string of the molecule is COC(=O)c1cccc(C(=O)N[C@@H](Cc2ccccc2Cl)C(=O)O)c1. The van der Waals surface area contributed by atoms with E-state index in [1.165, 1.54) is 31.4 Å². The molecular formula is C18H16ClNO5. The number of nitrogens with one attached hydrogen (secondary N) is 1. The van der Waals surface area contributed by atoms with E-state index in [9.17, 15) is 19.5 Å². The molecule has 2 rings (SSSR count). The molecular weight excluding hydrogens is 346 g/mol. The third kappa shape index (κ3) is 4.81. The Hall–Kier alpha value is -2.86. The number of carboxylic acids is 1. The van der Waals surface area contributed by atoms with Crippen molar-refractivity contribution in [1.29, 1.82) is 0 Å². The number of amides is 1. The average molecular weight is 362 g/mol. The first kappa shape index (κ1) is 18.5. The molecule has 0 heterocycles. The molecule has 2 aromatic carbocycles. The van der Waals surface area contributed by atoms with E-state index in [0.717, 1.165) is 0 Å². The average Bonchev–Trinajstić information content (AvgIpc) is 2.62. The van der Waals surface area contributed by atoms with Crippen LogP contribution in [0.2, 0.25) is 5.02 Å². The van der Waals surface area contributed by atoms with Gasteiger partial charge in [-0.25, -0.2) is 9.59 Å². The quantitative estimate of drug-likeness (QED) is 0.771. The van der Waals surface area contributed by atoms with E-state index in [1.807, 2.05) is 0 Å². The number of hydrogen-bond donors (Lipinski definition) is 2. The van der Waals surface area contributed by atoms with E-state index < -0.39 is 23.9 Å². The maximum Gasteiger partial charge on any atom is 0.337 e. The lowest BCUT2D eigenvalue weighted by atomic mass is 10.0. The van der Waals surface area contributed by atoms with E-state index >= 15 is 0 Å². The van der Waals surface area contributed by atoms with Crippen molar-refractivity contribution in [2.24, 2.45) is 0 Å². The molecule has 0 saturated carbocycles. The Kier molecular flexibility index (Phi) is 6.14. The molecule has 25 heavy (non-hydrogen) atoms. The highest BCUT2D eigenvalue weighted by atomic mass is 35.5. The topological polar surface area (TPSA) is 92.7 Å². The molecule has 0 aliphatic rings. The van der Waals surface area contributed by atoms with Crippen LogP contribution < -0.4 is 5.32 Å². The van der Waals surface area contributed by atoms with E-state index in [2.05, 4.69) is 10.1 Å². The molecule has 0 spiro atoms. The lowest BCUT2D eigenvalue weighted by Gasteiger charge is -2.15. The number of hydrogen-bond acceptors (Lipinski definition) is 4. The molecule has 6 nitrogen and oxygen atoms in total. The predicted octanol–water partition coefficient (Wildman–Crippen LogP) is 2.55. The number of ether oxygens (including phenoxy) is 1. The van der Waals surface area contributed by atoms with Gasteiger partial charge >= 0.3 is 11.9 Å². The Morgan fingerprint density at radius 2 is 1.80 bits per heavy atom. The molecule has 0 saturated heterocycles. The molecule has 0 aromatic heterocycles. The molecule has 0 fully saturated rings. The van der Waals surface area contributed by atoms with Crippen LogP contribution >= 0.6 is 11.6 Å². The second-order valence-electron chi connectivity index (χ2n) is 5.23. The van der Waals surface area contributed by atoms with Crippen molar-refractivity contribution < 1.29 is 24.2 Å². The van der Waals surface area contributed by atoms with E-state index in [4.69, 9.17) is 11.6 Å². The lowest BCUT2D eigenvalue weighted by molar-refractivity contribution is -0.139. The molecule has 0 bridgehead atoms. The van der Waals surface area contributed by atoms with Crippen LogP contribution in [0, 0.1) is 0 Å². The van der Waals surface area contributed by atoms with Crippen LogP contribution in [-0.2, 0) is 16.0 Å². The normalized spacial score (nSPS) is 11.4. The second kappa shape index (κ2) is 8.30. The molecule has 0 aliphatic carbocycles. The van der Waals surface area contributed by atoms with Crippen LogP contribution in [0.15, 0.2) is 48.5 Å². The summed E-state index contributed by atoms with van der Waals surface area (Å²) in [7, 11) is 1.24. The summed E-state index contributed by atoms with van der Waals surface area (Å²) in [6, 6.07) is 11.5. The third-order valence-corrected chi connectivity index (χ3v) is 3.90. The summed E-state index contributed by atoms with van der Waals surface area (Å²) in [4.78, 5) is 35.3. The smallest absolute Gasteiger partial charge is 0.337 e. The van der Waals surface area contributed by atoms with E-state index in [1.54, 1.807) is 24.3 Å². The number of halogens is 1. The van der Waals surface area contributed by atoms with Gasteiger partial charge in [0.05, 0.1) is 12.7 Å². The van der Waals surface area contributed by atoms with Crippen molar-refractivity contribution in [3.05, 3.63) is 70.2 Å². The first-order valence-electron chi connectivity index (χ1n) is 7.38. The number of esters is 1. The number of benzene rings is 2. The minimum atomic E-state index is -1.18. The van der Waals surface area contributed by atoms with Gasteiger partial charge in [0.25, 0.3) is 5.91 Å². The molecule has 1 atom stereocenters. The second-order valence-corrected chi connectivity index (χ2v) is 5.64. The Morgan fingerprint density at radius 1 is 1.12 bits per heavy atom. The zero-order valence-electron chi connectivity index (χ0n) is 13.4. The van der Waals surface area contributed by atoms with Gasteiger partial charge in [-0.05, 0) is 29.8 Å². The summed E-state index contributed by atoms with van der Waals surface area (Å²) < 4.78 is 4.60. The molecule has 0 aliphatic heterocycles. The minimum Gasteiger partial charge on any atom is -0.480 e. The van der Waals surface area contributed by atoms with Gasteiger partial charge in [-0.2, -0.15) is 0 Å². The monoisotopic (exact) mass is 361 g/mol. The molecule has 130 valence electrons. The number of rotatable bonds is 6. The molecule has 0 unspecified atom stereocenters. The summed E-state index contributed by atoms with van der Waals surface area (Å²) >= 11 is 6.04. The summed E-state index contributed by atoms with van der Waals surface area (Å²) in [6.07, 6.45) is 0.0391. The van der Waals surface area contributed by atoms with Gasteiger partial charge < -0.3 is 15.2 Å². The summed E-state index contributed by atoms with van der Waals surface area (Å²) in [6.45, 7) is 0. The van der Waals surface area contributed by atoms with Crippen LogP contribution in [0.25, 0.3) is 0 Å². The highest BCUT2D eigenvalue weighted by Crippen LogP contribution is 2.17. The van der Waals surface area contributed by atoms with Gasteiger partial charge in [-0.3, -0.25) is 4.79 Å². The number of methoxy groups -OCH3 is 1. The zero-order valence-corrected chi connectivity index (χ0v) is 14.1. The number of carbonyl (C=O) groups excluding carboxylic acids is 2. The fourth-order valence-corrected chi connectivity index (χ4v) is 2.44. The lowest BCUT2D eigenvalue weighted by Crippen LogP contribution is -2.42. The van der Waals surface area contributed by atoms with Crippen molar-refractivity contribution in [2.45, 2.75) is 12.5 Å². The van der Waals surface area contributed by atoms with Crippen LogP contribution in [0.1, 0.15) is 26.3 Å². The largest absolute Gasteiger partial charge is 0.480 e. The van der Waals surface area contributed by atoms with Crippen molar-refractivity contribution in [3.8, 4) is 0 Å². The van der Waals surface area contributed by atoms with E-state index in [0.29, 0.717) is 10.6 Å². The van der Waals surface area contributed by atoms with Crippen molar-refractivity contribution in [1.82, 2.24) is 5.32 Å². The molecule has 1 amide bonds. The highest BCUT2D eigenvalue weighted by Gasteiger charge is 2.22. The molecule has 2 N–H and O–H groups in total. The van der Waals surface area contributed by atoms with Gasteiger partial charge in [0, 0.05) is 17.0 Å². The minimum absolute atomic E-state index is 0.0391. The standard InChI is InChI=1S/C18H16ClNO5/c1-25-18(24)13-7-4-6-12(9-13)16(21)20-15(17(22)23)10-11-5-2-3-8-14(11)19/h2-9,15H,10H2,1H3,(H,20,21)(H,22,23)/t15-/m0/s1. The summed E-state index contributed by atoms with van der Waals surface area (Å²) in [5.74, 6) is -2.37. The summed E-state index contributed by atoms with van der Waals surface area (Å²) in [5.41, 5.74) is 0.974. The maximum atomic E-state index is 12.3. The van der Waals surface area contributed by atoms with Crippen LogP contribution in [0.5, 0.6) is 0 Å². The zero-order chi connectivity index (χ0) is 18.4. The van der Waals surface area contributed by atoms with Gasteiger partial charge in [-0.1, -0.05) is 35.9 Å². The maximum absolute atomic E-state index is 12.3. The van der Waals surface area contributed by atoms with Crippen LogP contribution in [0.4, 0.5) is 0 Å². The molecule has 7 heteroatoms. The van der Waals surface area contributed by atoms with Crippen molar-refractivity contribution in [3.63, 3.8) is 0 Å². The number of carbonyl (C=O) groups is 3. The fraction of sp³-hybridized carbons (Fsp3) is 0.167. The fourth-order valence-electron chi connectivity index (χ4n) is 2.23. The van der Waals surface area contributed by atoms with Crippen LogP contribution in [0.3, 0.4) is 0 Å². The van der Waals surface area contributed by atoms with Gasteiger partial charge in [-0.15, -0.1) is 0 Å². The van der Waals surface area contributed by atoms with Crippen molar-refractivity contribution in [2.75, 3.05) is 7.11 Å². The Bertz CT molecular complexity index is 806. The Balaban J connectivity index is 2.17. The number of carboxylic acid groups (broad SMARTS) is 1. The first-order valence-corrected chi connectivity index (χ1v) is 7.75. The summed E-state index contributed by atoms with van der Waals surface area (Å²) in [5, 5.41) is 12.2. The Morgan fingerprint density at radius 3 is 2.44 bits per heavy atom.